The Kier molecular flexibility index (Phi) is 16.1. The van der Waals surface area contributed by atoms with Crippen molar-refractivity contribution in [3.05, 3.63) is 0 Å². The molecule has 2 heterocycles. The molecule has 11 atom stereocenters. The van der Waals surface area contributed by atoms with Crippen molar-refractivity contribution in [1.82, 2.24) is 0 Å². The maximum atomic E-state index is 10.8. The Bertz CT molecular complexity index is 608. The van der Waals surface area contributed by atoms with E-state index in [1.165, 1.54) is 44.9 Å². The Morgan fingerprint density at radius 3 is 1.71 bits per heavy atom. The van der Waals surface area contributed by atoms with E-state index in [1.807, 2.05) is 6.92 Å². The van der Waals surface area contributed by atoms with Gasteiger partial charge in [-0.3, -0.25) is 0 Å². The normalized spacial score (nSPS) is 36.9. The van der Waals surface area contributed by atoms with Crippen molar-refractivity contribution in [3.8, 4) is 0 Å². The van der Waals surface area contributed by atoms with Crippen LogP contribution in [0.25, 0.3) is 0 Å². The van der Waals surface area contributed by atoms with Gasteiger partial charge in [-0.15, -0.1) is 0 Å². The molecule has 2 saturated heterocycles. The summed E-state index contributed by atoms with van der Waals surface area (Å²) in [7, 11) is 0. The first-order valence-electron chi connectivity index (χ1n) is 14.5. The van der Waals surface area contributed by atoms with Crippen molar-refractivity contribution in [2.24, 2.45) is 0 Å². The van der Waals surface area contributed by atoms with E-state index >= 15 is 0 Å². The third-order valence-corrected chi connectivity index (χ3v) is 7.53. The fourth-order valence-electron chi connectivity index (χ4n) is 5.14. The topological polar surface area (TPSA) is 179 Å². The van der Waals surface area contributed by atoms with Crippen LogP contribution in [0.2, 0.25) is 0 Å². The van der Waals surface area contributed by atoms with Gasteiger partial charge in [0.2, 0.25) is 0 Å². The number of aliphatic hydroxyl groups is 7. The molecule has 0 aromatic rings. The highest BCUT2D eigenvalue weighted by Crippen LogP contribution is 2.30. The van der Waals surface area contributed by atoms with Crippen LogP contribution in [0.15, 0.2) is 0 Å². The van der Waals surface area contributed by atoms with Gasteiger partial charge >= 0.3 is 0 Å². The van der Waals surface area contributed by atoms with E-state index in [1.54, 1.807) is 0 Å². The number of aliphatic hydroxyl groups excluding tert-OH is 7. The van der Waals surface area contributed by atoms with Crippen molar-refractivity contribution in [1.29, 1.82) is 0 Å². The standard InChI is InChI=1S/C27H52O11/c1-3-5-6-7-8-9-10-11-12-14-17(13-4-2)35-26-24(34)22(32)25(19(16-29)37-26)38-27-23(33)21(31)20(30)18(15-28)36-27/h17-34H,3-16H2,1-2H3/t17?,18?,19?,20-,21?,22?,23?,24?,25-,26-,27-/m1/s1. The van der Waals surface area contributed by atoms with Crippen LogP contribution in [0, 0.1) is 0 Å². The summed E-state index contributed by atoms with van der Waals surface area (Å²) in [5.41, 5.74) is 0. The summed E-state index contributed by atoms with van der Waals surface area (Å²) in [4.78, 5) is 0. The number of hydrogen-bond donors (Lipinski definition) is 7. The SMILES string of the molecule is CCCCCCCCCCCC(CCC)O[C@@H]1OC(CO)[C@@H](O[C@H]2OC(CO)[C@@H](O)C(O)C2O)C(O)C1O. The molecule has 2 aliphatic rings. The summed E-state index contributed by atoms with van der Waals surface area (Å²) >= 11 is 0. The summed E-state index contributed by atoms with van der Waals surface area (Å²) in [6.07, 6.45) is -1.25. The quantitative estimate of drug-likeness (QED) is 0.119. The van der Waals surface area contributed by atoms with Gasteiger partial charge in [-0.05, 0) is 12.8 Å². The second-order valence-corrected chi connectivity index (χ2v) is 10.7. The lowest BCUT2D eigenvalue weighted by molar-refractivity contribution is -0.363. The van der Waals surface area contributed by atoms with Crippen LogP contribution >= 0.6 is 0 Å². The van der Waals surface area contributed by atoms with Crippen molar-refractivity contribution in [3.63, 3.8) is 0 Å². The Hall–Kier alpha value is -0.440. The second kappa shape index (κ2) is 18.1. The van der Waals surface area contributed by atoms with Crippen LogP contribution in [0.3, 0.4) is 0 Å². The molecular formula is C27H52O11. The predicted molar refractivity (Wildman–Crippen MR) is 138 cm³/mol. The van der Waals surface area contributed by atoms with Crippen LogP contribution in [-0.4, -0.2) is 116 Å². The van der Waals surface area contributed by atoms with Crippen LogP contribution < -0.4 is 0 Å². The van der Waals surface area contributed by atoms with Crippen LogP contribution in [0.4, 0.5) is 0 Å². The van der Waals surface area contributed by atoms with Gasteiger partial charge in [-0.25, -0.2) is 0 Å². The molecule has 7 unspecified atom stereocenters. The average Bonchev–Trinajstić information content (AvgIpc) is 2.91. The molecule has 11 heteroatoms. The maximum Gasteiger partial charge on any atom is 0.187 e. The van der Waals surface area contributed by atoms with Crippen LogP contribution in [0.5, 0.6) is 0 Å². The van der Waals surface area contributed by atoms with Crippen molar-refractivity contribution >= 4 is 0 Å². The molecule has 0 radical (unpaired) electrons. The highest BCUT2D eigenvalue weighted by Gasteiger charge is 2.51. The zero-order valence-electron chi connectivity index (χ0n) is 23.0. The molecule has 0 saturated carbocycles. The summed E-state index contributed by atoms with van der Waals surface area (Å²) in [6.45, 7) is 3.03. The monoisotopic (exact) mass is 552 g/mol. The number of unbranched alkanes of at least 4 members (excludes halogenated alkanes) is 8. The first-order valence-corrected chi connectivity index (χ1v) is 14.5. The molecule has 0 aromatic heterocycles. The minimum Gasteiger partial charge on any atom is -0.394 e. The molecule has 0 spiro atoms. The van der Waals surface area contributed by atoms with E-state index in [0.29, 0.717) is 0 Å². The fraction of sp³-hybridized carbons (Fsp3) is 1.00. The van der Waals surface area contributed by atoms with Gasteiger partial charge in [0.25, 0.3) is 0 Å². The molecule has 0 bridgehead atoms. The molecule has 7 N–H and O–H groups in total. The minimum atomic E-state index is -1.70. The highest BCUT2D eigenvalue weighted by atomic mass is 16.7. The Balaban J connectivity index is 1.88. The summed E-state index contributed by atoms with van der Waals surface area (Å²) in [5.74, 6) is 0. The molecule has 0 amide bonds. The largest absolute Gasteiger partial charge is 0.394 e. The Labute approximate surface area is 226 Å². The zero-order valence-corrected chi connectivity index (χ0v) is 23.0. The molecule has 38 heavy (non-hydrogen) atoms. The summed E-state index contributed by atoms with van der Waals surface area (Å²) < 4.78 is 22.8. The zero-order chi connectivity index (χ0) is 28.1. The Morgan fingerprint density at radius 1 is 0.579 bits per heavy atom. The lowest BCUT2D eigenvalue weighted by Crippen LogP contribution is -2.64. The van der Waals surface area contributed by atoms with E-state index in [-0.39, 0.29) is 6.10 Å². The number of ether oxygens (including phenoxy) is 4. The lowest BCUT2D eigenvalue weighted by atomic mass is 9.97. The van der Waals surface area contributed by atoms with Gasteiger partial charge in [0.05, 0.1) is 19.3 Å². The number of rotatable bonds is 18. The third kappa shape index (κ3) is 9.88. The van der Waals surface area contributed by atoms with Crippen LogP contribution in [0.1, 0.15) is 90.9 Å². The van der Waals surface area contributed by atoms with Gasteiger partial charge in [0.1, 0.15) is 48.8 Å². The molecule has 2 rings (SSSR count). The first kappa shape index (κ1) is 33.8. The summed E-state index contributed by atoms with van der Waals surface area (Å²) in [6, 6.07) is 0. The Morgan fingerprint density at radius 2 is 1.13 bits per heavy atom. The van der Waals surface area contributed by atoms with Crippen molar-refractivity contribution < 1.29 is 54.7 Å². The maximum absolute atomic E-state index is 10.8. The van der Waals surface area contributed by atoms with Crippen LogP contribution in [-0.2, 0) is 18.9 Å². The van der Waals surface area contributed by atoms with E-state index < -0.39 is 74.6 Å². The molecule has 2 aliphatic heterocycles. The smallest absolute Gasteiger partial charge is 0.187 e. The lowest BCUT2D eigenvalue weighted by Gasteiger charge is -2.46. The molecular weight excluding hydrogens is 500 g/mol. The highest BCUT2D eigenvalue weighted by molar-refractivity contribution is 4.94. The second-order valence-electron chi connectivity index (χ2n) is 10.7. The molecule has 226 valence electrons. The molecule has 11 nitrogen and oxygen atoms in total. The average molecular weight is 553 g/mol. The van der Waals surface area contributed by atoms with Gasteiger partial charge in [-0.1, -0.05) is 78.1 Å². The first-order chi connectivity index (χ1) is 18.3. The van der Waals surface area contributed by atoms with E-state index in [2.05, 4.69) is 6.92 Å². The molecule has 0 aliphatic carbocycles. The van der Waals surface area contributed by atoms with Gasteiger partial charge in [0, 0.05) is 0 Å². The predicted octanol–water partition coefficient (Wildman–Crippen LogP) is 0.717. The van der Waals surface area contributed by atoms with Gasteiger partial charge in [0.15, 0.2) is 12.6 Å². The van der Waals surface area contributed by atoms with Crippen molar-refractivity contribution in [2.75, 3.05) is 13.2 Å². The van der Waals surface area contributed by atoms with Crippen molar-refractivity contribution in [2.45, 2.75) is 158 Å². The fourth-order valence-corrected chi connectivity index (χ4v) is 5.14. The van der Waals surface area contributed by atoms with Gasteiger partial charge < -0.3 is 54.7 Å². The molecule has 0 aromatic carbocycles. The van der Waals surface area contributed by atoms with E-state index in [9.17, 15) is 35.7 Å². The minimum absolute atomic E-state index is 0.182. The van der Waals surface area contributed by atoms with E-state index in [4.69, 9.17) is 18.9 Å². The van der Waals surface area contributed by atoms with Gasteiger partial charge in [-0.2, -0.15) is 0 Å². The molecule has 2 fully saturated rings. The number of hydrogen-bond acceptors (Lipinski definition) is 11. The summed E-state index contributed by atoms with van der Waals surface area (Å²) in [5, 5.41) is 71.1. The van der Waals surface area contributed by atoms with E-state index in [0.717, 1.165) is 32.1 Å². The third-order valence-electron chi connectivity index (χ3n) is 7.53.